The smallest absolute Gasteiger partial charge is 0.264 e. The van der Waals surface area contributed by atoms with Crippen LogP contribution in [0.15, 0.2) is 95.9 Å². The fourth-order valence-electron chi connectivity index (χ4n) is 4.22. The van der Waals surface area contributed by atoms with Crippen molar-refractivity contribution in [3.05, 3.63) is 114 Å². The Balaban J connectivity index is 1.48. The van der Waals surface area contributed by atoms with Crippen LogP contribution in [0.1, 0.15) is 15.9 Å². The SMILES string of the molecule is COc1ccc(CCNC(=O)c2ccccc2NC(=O)CN(c2ccc(F)cc2)S(=O)(=O)c2ccc(F)cc2)cc1OC. The molecule has 0 saturated heterocycles. The summed E-state index contributed by atoms with van der Waals surface area (Å²) in [5, 5.41) is 5.42. The van der Waals surface area contributed by atoms with Gasteiger partial charge in [-0.3, -0.25) is 13.9 Å². The van der Waals surface area contributed by atoms with E-state index < -0.39 is 40.0 Å². The second-order valence-electron chi connectivity index (χ2n) is 9.23. The van der Waals surface area contributed by atoms with Gasteiger partial charge in [-0.05, 0) is 84.8 Å². The molecular formula is C31H29F2N3O6S. The normalized spacial score (nSPS) is 11.0. The monoisotopic (exact) mass is 609 g/mol. The van der Waals surface area contributed by atoms with Crippen LogP contribution >= 0.6 is 0 Å². The van der Waals surface area contributed by atoms with Gasteiger partial charge in [-0.2, -0.15) is 0 Å². The molecule has 224 valence electrons. The van der Waals surface area contributed by atoms with Crippen LogP contribution in [0.4, 0.5) is 20.2 Å². The Morgan fingerprint density at radius 3 is 2.09 bits per heavy atom. The molecule has 0 aliphatic heterocycles. The molecule has 0 saturated carbocycles. The molecule has 4 aromatic carbocycles. The van der Waals surface area contributed by atoms with Crippen LogP contribution in [0.3, 0.4) is 0 Å². The Hall–Kier alpha value is -4.97. The molecule has 0 aliphatic rings. The molecule has 0 aliphatic carbocycles. The van der Waals surface area contributed by atoms with Gasteiger partial charge in [0.15, 0.2) is 11.5 Å². The van der Waals surface area contributed by atoms with Gasteiger partial charge >= 0.3 is 0 Å². The summed E-state index contributed by atoms with van der Waals surface area (Å²) in [6.07, 6.45) is 0.495. The molecule has 0 aromatic heterocycles. The van der Waals surface area contributed by atoms with Crippen LogP contribution in [0.5, 0.6) is 11.5 Å². The third kappa shape index (κ3) is 7.66. The number of ether oxygens (including phenoxy) is 2. The standard InChI is InChI=1S/C31H29F2N3O6S/c1-41-28-16-7-21(19-29(28)42-2)17-18-34-31(38)26-5-3-4-6-27(26)35-30(37)20-36(24-12-8-22(32)9-13-24)43(39,40)25-14-10-23(33)11-15-25/h3-16,19H,17-18,20H2,1-2H3,(H,34,38)(H,35,37). The van der Waals surface area contributed by atoms with E-state index in [0.717, 1.165) is 46.3 Å². The van der Waals surface area contributed by atoms with E-state index >= 15 is 0 Å². The average molecular weight is 610 g/mol. The first-order valence-corrected chi connectivity index (χ1v) is 14.5. The first-order chi connectivity index (χ1) is 20.6. The third-order valence-corrected chi connectivity index (χ3v) is 8.18. The molecule has 12 heteroatoms. The summed E-state index contributed by atoms with van der Waals surface area (Å²) < 4.78 is 65.3. The molecule has 0 heterocycles. The highest BCUT2D eigenvalue weighted by molar-refractivity contribution is 7.92. The summed E-state index contributed by atoms with van der Waals surface area (Å²) in [6, 6.07) is 20.4. The fourth-order valence-corrected chi connectivity index (χ4v) is 5.64. The van der Waals surface area contributed by atoms with E-state index in [4.69, 9.17) is 9.47 Å². The number of nitrogens with zero attached hydrogens (tertiary/aromatic N) is 1. The maximum absolute atomic E-state index is 13.6. The first-order valence-electron chi connectivity index (χ1n) is 13.0. The van der Waals surface area contributed by atoms with Gasteiger partial charge in [0.1, 0.15) is 18.2 Å². The first kappa shape index (κ1) is 31.0. The maximum atomic E-state index is 13.6. The van der Waals surface area contributed by atoms with Gasteiger partial charge < -0.3 is 20.1 Å². The predicted molar refractivity (Wildman–Crippen MR) is 158 cm³/mol. The van der Waals surface area contributed by atoms with Crippen LogP contribution in [0.2, 0.25) is 0 Å². The number of amides is 2. The molecule has 0 spiro atoms. The number of hydrogen-bond donors (Lipinski definition) is 2. The minimum absolute atomic E-state index is 0.0158. The van der Waals surface area contributed by atoms with E-state index in [0.29, 0.717) is 17.9 Å². The minimum Gasteiger partial charge on any atom is -0.493 e. The topological polar surface area (TPSA) is 114 Å². The van der Waals surface area contributed by atoms with Gasteiger partial charge in [0.2, 0.25) is 5.91 Å². The number of rotatable bonds is 12. The number of carbonyl (C=O) groups is 2. The van der Waals surface area contributed by atoms with Gasteiger partial charge in [-0.25, -0.2) is 17.2 Å². The number of nitrogens with one attached hydrogen (secondary N) is 2. The Bertz CT molecular complexity index is 1700. The molecule has 4 rings (SSSR count). The number of anilines is 2. The molecule has 9 nitrogen and oxygen atoms in total. The molecular weight excluding hydrogens is 580 g/mol. The Morgan fingerprint density at radius 1 is 0.814 bits per heavy atom. The van der Waals surface area contributed by atoms with Gasteiger partial charge in [0, 0.05) is 6.54 Å². The van der Waals surface area contributed by atoms with Crippen molar-refractivity contribution in [3.8, 4) is 11.5 Å². The van der Waals surface area contributed by atoms with E-state index in [1.807, 2.05) is 12.1 Å². The van der Waals surface area contributed by atoms with Crippen molar-refractivity contribution in [1.82, 2.24) is 5.32 Å². The van der Waals surface area contributed by atoms with E-state index in [2.05, 4.69) is 10.6 Å². The Morgan fingerprint density at radius 2 is 1.44 bits per heavy atom. The molecule has 4 aromatic rings. The second kappa shape index (κ2) is 13.8. The third-order valence-electron chi connectivity index (χ3n) is 6.40. The summed E-state index contributed by atoms with van der Waals surface area (Å²) in [5.74, 6) is -1.30. The van der Waals surface area contributed by atoms with Crippen LogP contribution < -0.4 is 24.4 Å². The average Bonchev–Trinajstić information content (AvgIpc) is 3.00. The van der Waals surface area contributed by atoms with E-state index in [-0.39, 0.29) is 28.4 Å². The summed E-state index contributed by atoms with van der Waals surface area (Å²) in [4.78, 5) is 25.9. The van der Waals surface area contributed by atoms with Crippen molar-refractivity contribution in [2.75, 3.05) is 36.9 Å². The van der Waals surface area contributed by atoms with E-state index in [9.17, 15) is 26.8 Å². The summed E-state index contributed by atoms with van der Waals surface area (Å²) in [7, 11) is -1.28. The van der Waals surface area contributed by atoms with Crippen molar-refractivity contribution in [2.45, 2.75) is 11.3 Å². The van der Waals surface area contributed by atoms with Crippen molar-refractivity contribution >= 4 is 33.2 Å². The van der Waals surface area contributed by atoms with Gasteiger partial charge in [0.25, 0.3) is 15.9 Å². The second-order valence-corrected chi connectivity index (χ2v) is 11.1. The lowest BCUT2D eigenvalue weighted by atomic mass is 10.1. The molecule has 0 unspecified atom stereocenters. The molecule has 0 fully saturated rings. The van der Waals surface area contributed by atoms with Crippen molar-refractivity contribution in [3.63, 3.8) is 0 Å². The summed E-state index contributed by atoms with van der Waals surface area (Å²) in [6.45, 7) is -0.425. The Kier molecular flexibility index (Phi) is 9.94. The van der Waals surface area contributed by atoms with E-state index in [1.165, 1.54) is 31.4 Å². The lowest BCUT2D eigenvalue weighted by molar-refractivity contribution is -0.114. The Labute approximate surface area is 248 Å². The lowest BCUT2D eigenvalue weighted by Gasteiger charge is -2.24. The largest absolute Gasteiger partial charge is 0.493 e. The van der Waals surface area contributed by atoms with Gasteiger partial charge in [-0.15, -0.1) is 0 Å². The fraction of sp³-hybridized carbons (Fsp3) is 0.161. The number of benzene rings is 4. The molecule has 43 heavy (non-hydrogen) atoms. The zero-order valence-corrected chi connectivity index (χ0v) is 24.2. The quantitative estimate of drug-likeness (QED) is 0.239. The van der Waals surface area contributed by atoms with Crippen molar-refractivity contribution in [2.24, 2.45) is 0 Å². The van der Waals surface area contributed by atoms with Crippen molar-refractivity contribution in [1.29, 1.82) is 0 Å². The number of halogens is 2. The van der Waals surface area contributed by atoms with Gasteiger partial charge in [-0.1, -0.05) is 18.2 Å². The number of methoxy groups -OCH3 is 2. The predicted octanol–water partition coefficient (Wildman–Crippen LogP) is 4.79. The molecule has 0 atom stereocenters. The highest BCUT2D eigenvalue weighted by atomic mass is 32.2. The molecule has 0 radical (unpaired) electrons. The highest BCUT2D eigenvalue weighted by Crippen LogP contribution is 2.28. The maximum Gasteiger partial charge on any atom is 0.264 e. The lowest BCUT2D eigenvalue weighted by Crippen LogP contribution is -2.38. The number of hydrogen-bond acceptors (Lipinski definition) is 6. The zero-order chi connectivity index (χ0) is 31.0. The molecule has 0 bridgehead atoms. The molecule has 2 amide bonds. The molecule has 2 N–H and O–H groups in total. The number of carbonyl (C=O) groups excluding carboxylic acids is 2. The van der Waals surface area contributed by atoms with E-state index in [1.54, 1.807) is 25.3 Å². The number of sulfonamides is 1. The summed E-state index contributed by atoms with van der Waals surface area (Å²) in [5.41, 5.74) is 1.25. The van der Waals surface area contributed by atoms with Gasteiger partial charge in [0.05, 0.1) is 36.1 Å². The number of para-hydroxylation sites is 1. The zero-order valence-electron chi connectivity index (χ0n) is 23.3. The van der Waals surface area contributed by atoms with Crippen LogP contribution in [-0.4, -0.2) is 47.5 Å². The van der Waals surface area contributed by atoms with Crippen LogP contribution in [-0.2, 0) is 21.2 Å². The summed E-state index contributed by atoms with van der Waals surface area (Å²) >= 11 is 0. The van der Waals surface area contributed by atoms with Crippen LogP contribution in [0, 0.1) is 11.6 Å². The van der Waals surface area contributed by atoms with Crippen molar-refractivity contribution < 1.29 is 36.3 Å². The highest BCUT2D eigenvalue weighted by Gasteiger charge is 2.28. The minimum atomic E-state index is -4.36. The van der Waals surface area contributed by atoms with Crippen LogP contribution in [0.25, 0.3) is 0 Å².